The third-order valence-corrected chi connectivity index (χ3v) is 6.09. The standard InChI is InChI=1S/C15H19Cl2NO3S/c16-13-9-8-11(15(17)19)10-14(13)22(20,21)18-12-6-4-2-1-3-5-7-12/h8-10,12,18H,1-7H2. The Bertz CT molecular complexity index is 638. The van der Waals surface area contributed by atoms with Gasteiger partial charge < -0.3 is 0 Å². The molecule has 0 amide bonds. The second-order valence-corrected chi connectivity index (χ2v) is 8.02. The summed E-state index contributed by atoms with van der Waals surface area (Å²) in [6.45, 7) is 0. The number of hydrogen-bond donors (Lipinski definition) is 1. The van der Waals surface area contributed by atoms with Gasteiger partial charge in [-0.05, 0) is 42.6 Å². The van der Waals surface area contributed by atoms with Crippen LogP contribution in [-0.2, 0) is 10.0 Å². The molecule has 1 saturated carbocycles. The molecule has 1 aromatic carbocycles. The molecule has 0 aromatic heterocycles. The highest BCUT2D eigenvalue weighted by Crippen LogP contribution is 2.25. The summed E-state index contributed by atoms with van der Waals surface area (Å²) in [5, 5.41) is -0.626. The highest BCUT2D eigenvalue weighted by molar-refractivity contribution is 7.89. The summed E-state index contributed by atoms with van der Waals surface area (Å²) < 4.78 is 27.8. The molecule has 0 spiro atoms. The first kappa shape index (κ1) is 17.7. The molecule has 0 atom stereocenters. The SMILES string of the molecule is O=C(Cl)c1ccc(Cl)c(S(=O)(=O)NC2CCCCCCC2)c1. The molecule has 0 bridgehead atoms. The van der Waals surface area contributed by atoms with E-state index in [4.69, 9.17) is 23.2 Å². The van der Waals surface area contributed by atoms with Gasteiger partial charge in [0.25, 0.3) is 5.24 Å². The van der Waals surface area contributed by atoms with Gasteiger partial charge in [-0.3, -0.25) is 4.79 Å². The summed E-state index contributed by atoms with van der Waals surface area (Å²) in [6, 6.07) is 3.93. The molecule has 1 aromatic rings. The van der Waals surface area contributed by atoms with Crippen LogP contribution in [0, 0.1) is 0 Å². The molecule has 0 heterocycles. The van der Waals surface area contributed by atoms with E-state index in [1.165, 1.54) is 24.6 Å². The second kappa shape index (κ2) is 7.77. The molecule has 0 unspecified atom stereocenters. The summed E-state index contributed by atoms with van der Waals surface area (Å²) >= 11 is 11.4. The average molecular weight is 364 g/mol. The molecule has 1 aliphatic carbocycles. The Morgan fingerprint density at radius 2 is 1.68 bits per heavy atom. The van der Waals surface area contributed by atoms with Crippen LogP contribution in [-0.4, -0.2) is 19.7 Å². The molecule has 1 aliphatic rings. The first-order chi connectivity index (χ1) is 10.4. The van der Waals surface area contributed by atoms with Crippen LogP contribution < -0.4 is 4.72 Å². The van der Waals surface area contributed by atoms with Crippen LogP contribution in [0.3, 0.4) is 0 Å². The molecule has 7 heteroatoms. The van der Waals surface area contributed by atoms with Crippen LogP contribution >= 0.6 is 23.2 Å². The maximum absolute atomic E-state index is 12.5. The van der Waals surface area contributed by atoms with Gasteiger partial charge in [0.05, 0.1) is 5.02 Å². The second-order valence-electron chi connectivity index (χ2n) is 5.58. The minimum Gasteiger partial charge on any atom is -0.276 e. The molecular formula is C15H19Cl2NO3S. The molecule has 4 nitrogen and oxygen atoms in total. The summed E-state index contributed by atoms with van der Waals surface area (Å²) in [4.78, 5) is 11.1. The van der Waals surface area contributed by atoms with Crippen LogP contribution in [0.1, 0.15) is 55.3 Å². The predicted octanol–water partition coefficient (Wildman–Crippen LogP) is 4.11. The van der Waals surface area contributed by atoms with E-state index in [2.05, 4.69) is 4.72 Å². The fourth-order valence-corrected chi connectivity index (χ4v) is 4.64. The lowest BCUT2D eigenvalue weighted by Crippen LogP contribution is -2.35. The topological polar surface area (TPSA) is 63.2 Å². The molecule has 1 N–H and O–H groups in total. The van der Waals surface area contributed by atoms with E-state index in [0.29, 0.717) is 0 Å². The number of halogens is 2. The lowest BCUT2D eigenvalue weighted by Gasteiger charge is -2.21. The van der Waals surface area contributed by atoms with E-state index in [1.54, 1.807) is 0 Å². The predicted molar refractivity (Wildman–Crippen MR) is 88.1 cm³/mol. The normalized spacial score (nSPS) is 17.7. The van der Waals surface area contributed by atoms with E-state index >= 15 is 0 Å². The minimum atomic E-state index is -3.77. The fourth-order valence-electron chi connectivity index (χ4n) is 2.69. The number of rotatable bonds is 4. The molecular weight excluding hydrogens is 345 g/mol. The van der Waals surface area contributed by atoms with Crippen molar-refractivity contribution in [3.05, 3.63) is 28.8 Å². The van der Waals surface area contributed by atoms with Gasteiger partial charge in [0, 0.05) is 11.6 Å². The number of nitrogens with one attached hydrogen (secondary N) is 1. The summed E-state index contributed by atoms with van der Waals surface area (Å²) in [7, 11) is -3.77. The van der Waals surface area contributed by atoms with Crippen LogP contribution in [0.25, 0.3) is 0 Å². The van der Waals surface area contributed by atoms with Gasteiger partial charge >= 0.3 is 0 Å². The molecule has 22 heavy (non-hydrogen) atoms. The van der Waals surface area contributed by atoms with Gasteiger partial charge in [0.15, 0.2) is 0 Å². The van der Waals surface area contributed by atoms with E-state index in [9.17, 15) is 13.2 Å². The molecule has 122 valence electrons. The zero-order valence-corrected chi connectivity index (χ0v) is 14.5. The highest BCUT2D eigenvalue weighted by atomic mass is 35.5. The Balaban J connectivity index is 2.22. The van der Waals surface area contributed by atoms with Gasteiger partial charge in [0.2, 0.25) is 10.0 Å². The first-order valence-corrected chi connectivity index (χ1v) is 9.66. The van der Waals surface area contributed by atoms with Crippen molar-refractivity contribution in [2.24, 2.45) is 0 Å². The van der Waals surface area contributed by atoms with Crippen molar-refractivity contribution in [1.82, 2.24) is 4.72 Å². The van der Waals surface area contributed by atoms with Crippen molar-refractivity contribution < 1.29 is 13.2 Å². The van der Waals surface area contributed by atoms with Crippen molar-refractivity contribution in [3.8, 4) is 0 Å². The first-order valence-electron chi connectivity index (χ1n) is 7.42. The maximum atomic E-state index is 12.5. The van der Waals surface area contributed by atoms with Crippen molar-refractivity contribution >= 4 is 38.5 Å². The quantitative estimate of drug-likeness (QED) is 0.818. The average Bonchev–Trinajstić information content (AvgIpc) is 2.41. The smallest absolute Gasteiger partial charge is 0.252 e. The largest absolute Gasteiger partial charge is 0.276 e. The molecule has 2 rings (SSSR count). The number of benzene rings is 1. The lowest BCUT2D eigenvalue weighted by molar-refractivity contribution is 0.108. The Morgan fingerprint density at radius 1 is 1.09 bits per heavy atom. The lowest BCUT2D eigenvalue weighted by atomic mass is 9.97. The number of carbonyl (C=O) groups excluding carboxylic acids is 1. The van der Waals surface area contributed by atoms with Crippen molar-refractivity contribution in [1.29, 1.82) is 0 Å². The van der Waals surface area contributed by atoms with E-state index in [-0.39, 0.29) is 21.5 Å². The Morgan fingerprint density at radius 3 is 2.27 bits per heavy atom. The zero-order chi connectivity index (χ0) is 16.2. The maximum Gasteiger partial charge on any atom is 0.252 e. The Hall–Kier alpha value is -0.620. The minimum absolute atomic E-state index is 0.0833. The summed E-state index contributed by atoms with van der Waals surface area (Å²) in [6.07, 6.45) is 7.16. The van der Waals surface area contributed by atoms with Crippen LogP contribution in [0.5, 0.6) is 0 Å². The van der Waals surface area contributed by atoms with Crippen molar-refractivity contribution in [2.45, 2.75) is 55.9 Å². The van der Waals surface area contributed by atoms with Crippen LogP contribution in [0.2, 0.25) is 5.02 Å². The molecule has 0 aliphatic heterocycles. The number of sulfonamides is 1. The fraction of sp³-hybridized carbons (Fsp3) is 0.533. The highest BCUT2D eigenvalue weighted by Gasteiger charge is 2.24. The summed E-state index contributed by atoms with van der Waals surface area (Å²) in [5.74, 6) is 0. The van der Waals surface area contributed by atoms with E-state index in [0.717, 1.165) is 38.5 Å². The monoisotopic (exact) mass is 363 g/mol. The van der Waals surface area contributed by atoms with E-state index < -0.39 is 15.3 Å². The molecule has 0 radical (unpaired) electrons. The van der Waals surface area contributed by atoms with Crippen LogP contribution in [0.15, 0.2) is 23.1 Å². The van der Waals surface area contributed by atoms with E-state index in [1.807, 2.05) is 0 Å². The number of carbonyl (C=O) groups is 1. The zero-order valence-electron chi connectivity index (χ0n) is 12.1. The molecule has 1 fully saturated rings. The third kappa shape index (κ3) is 4.69. The van der Waals surface area contributed by atoms with Gasteiger partial charge in [0.1, 0.15) is 4.90 Å². The van der Waals surface area contributed by atoms with Gasteiger partial charge in [-0.15, -0.1) is 0 Å². The van der Waals surface area contributed by atoms with Crippen molar-refractivity contribution in [2.75, 3.05) is 0 Å². The summed E-state index contributed by atoms with van der Waals surface area (Å²) in [5.41, 5.74) is 0.115. The Labute approximate surface area is 141 Å². The molecule has 0 saturated heterocycles. The van der Waals surface area contributed by atoms with Gasteiger partial charge in [-0.25, -0.2) is 13.1 Å². The van der Waals surface area contributed by atoms with Crippen LogP contribution in [0.4, 0.5) is 0 Å². The third-order valence-electron chi connectivity index (χ3n) is 3.87. The number of hydrogen-bond acceptors (Lipinski definition) is 3. The van der Waals surface area contributed by atoms with Gasteiger partial charge in [-0.2, -0.15) is 0 Å². The van der Waals surface area contributed by atoms with Crippen molar-refractivity contribution in [3.63, 3.8) is 0 Å². The van der Waals surface area contributed by atoms with Gasteiger partial charge in [-0.1, -0.05) is 43.7 Å². The Kier molecular flexibility index (Phi) is 6.26.